The van der Waals surface area contributed by atoms with Crippen molar-refractivity contribution in [1.82, 2.24) is 4.90 Å². The van der Waals surface area contributed by atoms with Gasteiger partial charge in [0.2, 0.25) is 0 Å². The van der Waals surface area contributed by atoms with Crippen molar-refractivity contribution >= 4 is 15.9 Å². The number of rotatable bonds is 6. The van der Waals surface area contributed by atoms with Gasteiger partial charge in [-0.15, -0.1) is 0 Å². The lowest BCUT2D eigenvalue weighted by Crippen LogP contribution is -2.44. The Bertz CT molecular complexity index is 245. The van der Waals surface area contributed by atoms with Crippen LogP contribution in [0.2, 0.25) is 0 Å². The number of aliphatic hydroxyl groups is 1. The van der Waals surface area contributed by atoms with Crippen LogP contribution in [0.4, 0.5) is 0 Å². The lowest BCUT2D eigenvalue weighted by atomic mass is 9.81. The largest absolute Gasteiger partial charge is 0.395 e. The van der Waals surface area contributed by atoms with E-state index in [4.69, 9.17) is 0 Å². The Morgan fingerprint density at radius 2 is 1.63 bits per heavy atom. The highest BCUT2D eigenvalue weighted by molar-refractivity contribution is 9.09. The summed E-state index contributed by atoms with van der Waals surface area (Å²) >= 11 is 3.80. The van der Waals surface area contributed by atoms with Gasteiger partial charge in [0, 0.05) is 24.5 Å². The first-order chi connectivity index (χ1) is 9.29. The van der Waals surface area contributed by atoms with Crippen LogP contribution in [0.15, 0.2) is 0 Å². The molecule has 0 unspecified atom stereocenters. The van der Waals surface area contributed by atoms with Crippen molar-refractivity contribution in [2.24, 2.45) is 5.41 Å². The van der Waals surface area contributed by atoms with Crippen LogP contribution < -0.4 is 0 Å². The highest BCUT2D eigenvalue weighted by Crippen LogP contribution is 2.39. The van der Waals surface area contributed by atoms with E-state index in [2.05, 4.69) is 20.8 Å². The minimum absolute atomic E-state index is 0.314. The fourth-order valence-corrected chi connectivity index (χ4v) is 4.77. The van der Waals surface area contributed by atoms with Crippen molar-refractivity contribution in [3.05, 3.63) is 0 Å². The number of hydrogen-bond donors (Lipinski definition) is 1. The van der Waals surface area contributed by atoms with E-state index in [-0.39, 0.29) is 0 Å². The Labute approximate surface area is 127 Å². The molecule has 2 nitrogen and oxygen atoms in total. The zero-order chi connectivity index (χ0) is 13.6. The van der Waals surface area contributed by atoms with Gasteiger partial charge in [-0.2, -0.15) is 0 Å². The summed E-state index contributed by atoms with van der Waals surface area (Å²) in [5, 5.41) is 10.5. The molecule has 2 saturated carbocycles. The van der Waals surface area contributed by atoms with E-state index < -0.39 is 0 Å². The summed E-state index contributed by atoms with van der Waals surface area (Å²) in [6.07, 6.45) is 13.8. The Morgan fingerprint density at radius 3 is 2.16 bits per heavy atom. The van der Waals surface area contributed by atoms with Crippen LogP contribution in [-0.4, -0.2) is 41.1 Å². The first-order valence-corrected chi connectivity index (χ1v) is 9.33. The molecule has 2 aliphatic rings. The van der Waals surface area contributed by atoms with Gasteiger partial charge >= 0.3 is 0 Å². The summed E-state index contributed by atoms with van der Waals surface area (Å²) in [6.45, 7) is 2.39. The Balaban J connectivity index is 1.99. The van der Waals surface area contributed by atoms with Crippen LogP contribution in [-0.2, 0) is 0 Å². The summed E-state index contributed by atoms with van der Waals surface area (Å²) < 4.78 is 0. The van der Waals surface area contributed by atoms with E-state index >= 15 is 0 Å². The van der Waals surface area contributed by atoms with Crippen molar-refractivity contribution in [2.75, 3.05) is 25.0 Å². The van der Waals surface area contributed by atoms with E-state index in [1.54, 1.807) is 0 Å². The number of alkyl halides is 1. The summed E-state index contributed by atoms with van der Waals surface area (Å²) in [6, 6.07) is 0.742. The maximum atomic E-state index is 9.39. The van der Waals surface area contributed by atoms with E-state index in [1.807, 2.05) is 0 Å². The number of nitrogens with zero attached hydrogens (tertiary/aromatic N) is 1. The molecule has 0 aliphatic heterocycles. The molecule has 112 valence electrons. The lowest BCUT2D eigenvalue weighted by Gasteiger charge is -2.39. The van der Waals surface area contributed by atoms with Crippen molar-refractivity contribution in [3.8, 4) is 0 Å². The second kappa shape index (κ2) is 7.99. The molecular formula is C16H30BrNO. The maximum Gasteiger partial charge on any atom is 0.0558 e. The van der Waals surface area contributed by atoms with E-state index in [0.29, 0.717) is 12.0 Å². The van der Waals surface area contributed by atoms with Crippen molar-refractivity contribution in [2.45, 2.75) is 70.3 Å². The van der Waals surface area contributed by atoms with Gasteiger partial charge in [0.15, 0.2) is 0 Å². The van der Waals surface area contributed by atoms with Crippen LogP contribution in [0.1, 0.15) is 64.2 Å². The predicted octanol–water partition coefficient (Wildman–Crippen LogP) is 3.96. The van der Waals surface area contributed by atoms with Gasteiger partial charge in [0.05, 0.1) is 6.61 Å². The van der Waals surface area contributed by atoms with Crippen LogP contribution in [0.25, 0.3) is 0 Å². The van der Waals surface area contributed by atoms with Gasteiger partial charge in [0.1, 0.15) is 0 Å². The van der Waals surface area contributed by atoms with E-state index in [9.17, 15) is 5.11 Å². The first kappa shape index (κ1) is 15.8. The van der Waals surface area contributed by atoms with Crippen LogP contribution >= 0.6 is 15.9 Å². The summed E-state index contributed by atoms with van der Waals surface area (Å²) in [4.78, 5) is 2.61. The molecule has 0 radical (unpaired) electrons. The van der Waals surface area contributed by atoms with Crippen LogP contribution in [0.3, 0.4) is 0 Å². The van der Waals surface area contributed by atoms with E-state index in [1.165, 1.54) is 70.8 Å². The fourth-order valence-electron chi connectivity index (χ4n) is 4.03. The molecule has 1 N–H and O–H groups in total. The Morgan fingerprint density at radius 1 is 1.00 bits per heavy atom. The molecule has 2 aliphatic carbocycles. The third-order valence-corrected chi connectivity index (χ3v) is 6.40. The monoisotopic (exact) mass is 331 g/mol. The van der Waals surface area contributed by atoms with Gasteiger partial charge in [0.25, 0.3) is 0 Å². The van der Waals surface area contributed by atoms with Crippen molar-refractivity contribution < 1.29 is 5.11 Å². The molecule has 0 heterocycles. The minimum Gasteiger partial charge on any atom is -0.395 e. The zero-order valence-corrected chi connectivity index (χ0v) is 13.8. The SMILES string of the molecule is OCCN(CC1(CBr)CCCCCC1)C1CCCC1. The maximum absolute atomic E-state index is 9.39. The second-order valence-corrected chi connectivity index (χ2v) is 7.24. The van der Waals surface area contributed by atoms with Crippen LogP contribution in [0.5, 0.6) is 0 Å². The lowest BCUT2D eigenvalue weighted by molar-refractivity contribution is 0.0906. The first-order valence-electron chi connectivity index (χ1n) is 8.20. The average Bonchev–Trinajstić information content (AvgIpc) is 2.86. The van der Waals surface area contributed by atoms with E-state index in [0.717, 1.165) is 17.9 Å². The third kappa shape index (κ3) is 4.44. The Hall–Kier alpha value is 0.400. The molecule has 0 spiro atoms. The number of halogens is 1. The van der Waals surface area contributed by atoms with Crippen molar-refractivity contribution in [3.63, 3.8) is 0 Å². The molecule has 0 aromatic heterocycles. The van der Waals surface area contributed by atoms with Crippen molar-refractivity contribution in [1.29, 1.82) is 0 Å². The molecule has 0 saturated heterocycles. The number of aliphatic hydroxyl groups excluding tert-OH is 1. The highest BCUT2D eigenvalue weighted by atomic mass is 79.9. The second-order valence-electron chi connectivity index (χ2n) is 6.68. The quantitative estimate of drug-likeness (QED) is 0.588. The van der Waals surface area contributed by atoms with Gasteiger partial charge in [-0.1, -0.05) is 54.5 Å². The molecule has 0 aromatic rings. The molecule has 3 heteroatoms. The van der Waals surface area contributed by atoms with Crippen LogP contribution in [0, 0.1) is 5.41 Å². The third-order valence-electron chi connectivity index (χ3n) is 5.21. The standard InChI is InChI=1S/C16H30BrNO/c17-13-16(9-5-1-2-6-10-16)14-18(11-12-19)15-7-3-4-8-15/h15,19H,1-14H2. The topological polar surface area (TPSA) is 23.5 Å². The zero-order valence-electron chi connectivity index (χ0n) is 12.2. The molecule has 0 bridgehead atoms. The van der Waals surface area contributed by atoms with Gasteiger partial charge < -0.3 is 5.11 Å². The molecule has 2 rings (SSSR count). The van der Waals surface area contributed by atoms with Gasteiger partial charge in [-0.3, -0.25) is 4.90 Å². The normalized spacial score (nSPS) is 24.8. The number of hydrogen-bond acceptors (Lipinski definition) is 2. The molecule has 0 atom stereocenters. The highest BCUT2D eigenvalue weighted by Gasteiger charge is 2.34. The molecular weight excluding hydrogens is 302 g/mol. The van der Waals surface area contributed by atoms with Gasteiger partial charge in [-0.25, -0.2) is 0 Å². The fraction of sp³-hybridized carbons (Fsp3) is 1.00. The summed E-state index contributed by atoms with van der Waals surface area (Å²) in [7, 11) is 0. The molecule has 19 heavy (non-hydrogen) atoms. The Kier molecular flexibility index (Phi) is 6.64. The molecule has 2 fully saturated rings. The van der Waals surface area contributed by atoms with Gasteiger partial charge in [-0.05, 0) is 31.1 Å². The molecule has 0 aromatic carbocycles. The average molecular weight is 332 g/mol. The predicted molar refractivity (Wildman–Crippen MR) is 84.8 cm³/mol. The minimum atomic E-state index is 0.314. The smallest absolute Gasteiger partial charge is 0.0558 e. The molecule has 0 amide bonds. The summed E-state index contributed by atoms with van der Waals surface area (Å²) in [5.74, 6) is 0. The summed E-state index contributed by atoms with van der Waals surface area (Å²) in [5.41, 5.74) is 0.467.